The topological polar surface area (TPSA) is 42.7 Å². The molecule has 1 N–H and O–H groups in total. The molecule has 1 unspecified atom stereocenters. The van der Waals surface area contributed by atoms with Crippen LogP contribution in [0.15, 0.2) is 30.6 Å². The molecule has 1 saturated heterocycles. The van der Waals surface area contributed by atoms with Gasteiger partial charge in [-0.1, -0.05) is 0 Å². The van der Waals surface area contributed by atoms with Gasteiger partial charge in [-0.3, -0.25) is 4.57 Å². The van der Waals surface area contributed by atoms with Crippen LogP contribution >= 0.6 is 12.4 Å². The molecule has 2 aromatic rings. The van der Waals surface area contributed by atoms with Crippen LogP contribution in [0, 0.1) is 5.82 Å². The highest BCUT2D eigenvalue weighted by molar-refractivity contribution is 5.85. The van der Waals surface area contributed by atoms with Crippen LogP contribution in [0.25, 0.3) is 5.69 Å². The third-order valence-corrected chi connectivity index (χ3v) is 3.05. The monoisotopic (exact) mass is 268 g/mol. The van der Waals surface area contributed by atoms with Gasteiger partial charge in [0, 0.05) is 5.69 Å². The van der Waals surface area contributed by atoms with E-state index in [0.717, 1.165) is 30.9 Å². The number of rotatable bonds is 2. The molecule has 2 heterocycles. The minimum absolute atomic E-state index is 0. The summed E-state index contributed by atoms with van der Waals surface area (Å²) in [5.74, 6) is 0.663. The number of halogens is 2. The van der Waals surface area contributed by atoms with Crippen LogP contribution in [0.3, 0.4) is 0 Å². The predicted molar refractivity (Wildman–Crippen MR) is 68.5 cm³/mol. The Kier molecular flexibility index (Phi) is 3.93. The van der Waals surface area contributed by atoms with E-state index in [4.69, 9.17) is 0 Å². The average molecular weight is 269 g/mol. The normalized spacial score (nSPS) is 18.6. The van der Waals surface area contributed by atoms with Gasteiger partial charge in [0.25, 0.3) is 0 Å². The molecule has 0 aliphatic carbocycles. The molecule has 0 radical (unpaired) electrons. The lowest BCUT2D eigenvalue weighted by Crippen LogP contribution is -2.17. The van der Waals surface area contributed by atoms with Crippen LogP contribution in [0.4, 0.5) is 4.39 Å². The van der Waals surface area contributed by atoms with Gasteiger partial charge in [0.1, 0.15) is 12.1 Å². The highest BCUT2D eigenvalue weighted by Crippen LogP contribution is 2.23. The van der Waals surface area contributed by atoms with Gasteiger partial charge in [0.15, 0.2) is 5.82 Å². The minimum Gasteiger partial charge on any atom is -0.307 e. The van der Waals surface area contributed by atoms with Crippen molar-refractivity contribution in [2.45, 2.75) is 18.9 Å². The zero-order valence-electron chi connectivity index (χ0n) is 9.71. The van der Waals surface area contributed by atoms with Crippen LogP contribution in [-0.2, 0) is 0 Å². The van der Waals surface area contributed by atoms with E-state index in [0.29, 0.717) is 0 Å². The van der Waals surface area contributed by atoms with Gasteiger partial charge in [0.05, 0.1) is 6.04 Å². The quantitative estimate of drug-likeness (QED) is 0.908. The first-order valence-electron chi connectivity index (χ1n) is 5.74. The van der Waals surface area contributed by atoms with Gasteiger partial charge in [-0.05, 0) is 43.7 Å². The van der Waals surface area contributed by atoms with Gasteiger partial charge in [-0.15, -0.1) is 22.6 Å². The molecule has 18 heavy (non-hydrogen) atoms. The number of aromatic nitrogens is 3. The number of hydrogen-bond donors (Lipinski definition) is 1. The Morgan fingerprint density at radius 3 is 2.72 bits per heavy atom. The Morgan fingerprint density at radius 2 is 2.06 bits per heavy atom. The smallest absolute Gasteiger partial charge is 0.154 e. The first-order chi connectivity index (χ1) is 8.34. The van der Waals surface area contributed by atoms with E-state index in [9.17, 15) is 4.39 Å². The second-order valence-electron chi connectivity index (χ2n) is 4.18. The fourth-order valence-corrected chi connectivity index (χ4v) is 2.19. The zero-order chi connectivity index (χ0) is 11.7. The molecule has 3 rings (SSSR count). The largest absolute Gasteiger partial charge is 0.307 e. The van der Waals surface area contributed by atoms with Crippen LogP contribution in [0.5, 0.6) is 0 Å². The van der Waals surface area contributed by atoms with Gasteiger partial charge in [0.2, 0.25) is 0 Å². The number of nitrogens with one attached hydrogen (secondary N) is 1. The molecule has 0 amide bonds. The lowest BCUT2D eigenvalue weighted by molar-refractivity contribution is 0.591. The summed E-state index contributed by atoms with van der Waals surface area (Å²) in [6.45, 7) is 1.01. The molecular weight excluding hydrogens is 255 g/mol. The van der Waals surface area contributed by atoms with Crippen molar-refractivity contribution in [3.05, 3.63) is 42.2 Å². The Labute approximate surface area is 111 Å². The average Bonchev–Trinajstić information content (AvgIpc) is 3.00. The second-order valence-corrected chi connectivity index (χ2v) is 4.18. The molecule has 1 aromatic carbocycles. The lowest BCUT2D eigenvalue weighted by Gasteiger charge is -2.11. The molecular formula is C12H14ClFN4. The summed E-state index contributed by atoms with van der Waals surface area (Å²) in [5, 5.41) is 11.5. The van der Waals surface area contributed by atoms with E-state index >= 15 is 0 Å². The van der Waals surface area contributed by atoms with Crippen molar-refractivity contribution in [2.24, 2.45) is 0 Å². The maximum atomic E-state index is 12.9. The Balaban J connectivity index is 0.00000120. The maximum absolute atomic E-state index is 12.9. The standard InChI is InChI=1S/C12H13FN4.ClH/c13-9-3-5-10(6-4-9)17-8-15-16-12(17)11-2-1-7-14-11;/h3-6,8,11,14H,1-2,7H2;1H. The highest BCUT2D eigenvalue weighted by atomic mass is 35.5. The van der Waals surface area contributed by atoms with Gasteiger partial charge in [-0.25, -0.2) is 4.39 Å². The fourth-order valence-electron chi connectivity index (χ4n) is 2.19. The SMILES string of the molecule is Cl.Fc1ccc(-n2cnnc2C2CCCN2)cc1. The molecule has 1 aliphatic rings. The molecule has 96 valence electrons. The van der Waals surface area contributed by atoms with Crippen LogP contribution in [0.1, 0.15) is 24.7 Å². The molecule has 6 heteroatoms. The van der Waals surface area contributed by atoms with E-state index < -0.39 is 0 Å². The Morgan fingerprint density at radius 1 is 1.28 bits per heavy atom. The van der Waals surface area contributed by atoms with Crippen molar-refractivity contribution >= 4 is 12.4 Å². The molecule has 0 bridgehead atoms. The van der Waals surface area contributed by atoms with E-state index in [-0.39, 0.29) is 24.3 Å². The van der Waals surface area contributed by atoms with Crippen molar-refractivity contribution in [1.29, 1.82) is 0 Å². The van der Waals surface area contributed by atoms with Crippen molar-refractivity contribution in [1.82, 2.24) is 20.1 Å². The van der Waals surface area contributed by atoms with E-state index in [2.05, 4.69) is 15.5 Å². The predicted octanol–water partition coefficient (Wildman–Crippen LogP) is 2.25. The summed E-state index contributed by atoms with van der Waals surface area (Å²) >= 11 is 0. The number of hydrogen-bond acceptors (Lipinski definition) is 3. The Hall–Kier alpha value is -1.46. The minimum atomic E-state index is -0.234. The third kappa shape index (κ3) is 2.37. The summed E-state index contributed by atoms with van der Waals surface area (Å²) in [6.07, 6.45) is 3.89. The summed E-state index contributed by atoms with van der Waals surface area (Å²) in [7, 11) is 0. The molecule has 0 spiro atoms. The van der Waals surface area contributed by atoms with Crippen LogP contribution in [0.2, 0.25) is 0 Å². The van der Waals surface area contributed by atoms with Gasteiger partial charge in [-0.2, -0.15) is 0 Å². The fraction of sp³-hybridized carbons (Fsp3) is 0.333. The van der Waals surface area contributed by atoms with Crippen LogP contribution in [-0.4, -0.2) is 21.3 Å². The van der Waals surface area contributed by atoms with E-state index in [1.807, 2.05) is 4.57 Å². The Bertz CT molecular complexity index is 505. The molecule has 1 atom stereocenters. The summed E-state index contributed by atoms with van der Waals surface area (Å²) in [5.41, 5.74) is 0.889. The van der Waals surface area contributed by atoms with Gasteiger partial charge < -0.3 is 5.32 Å². The zero-order valence-corrected chi connectivity index (χ0v) is 10.5. The van der Waals surface area contributed by atoms with Gasteiger partial charge >= 0.3 is 0 Å². The lowest BCUT2D eigenvalue weighted by atomic mass is 10.2. The third-order valence-electron chi connectivity index (χ3n) is 3.05. The summed E-state index contributed by atoms with van der Waals surface area (Å²) < 4.78 is 14.8. The summed E-state index contributed by atoms with van der Waals surface area (Å²) in [6, 6.07) is 6.61. The number of nitrogens with zero attached hydrogens (tertiary/aromatic N) is 3. The van der Waals surface area contributed by atoms with E-state index in [1.54, 1.807) is 18.5 Å². The molecule has 1 aliphatic heterocycles. The molecule has 1 aromatic heterocycles. The number of benzene rings is 1. The van der Waals surface area contributed by atoms with Crippen LogP contribution < -0.4 is 5.32 Å². The summed E-state index contributed by atoms with van der Waals surface area (Å²) in [4.78, 5) is 0. The second kappa shape index (κ2) is 5.46. The first-order valence-corrected chi connectivity index (χ1v) is 5.74. The highest BCUT2D eigenvalue weighted by Gasteiger charge is 2.21. The maximum Gasteiger partial charge on any atom is 0.154 e. The molecule has 0 saturated carbocycles. The van der Waals surface area contributed by atoms with Crippen molar-refractivity contribution < 1.29 is 4.39 Å². The van der Waals surface area contributed by atoms with E-state index in [1.165, 1.54) is 12.1 Å². The van der Waals surface area contributed by atoms with Crippen molar-refractivity contribution in [3.8, 4) is 5.69 Å². The first kappa shape index (κ1) is 13.0. The van der Waals surface area contributed by atoms with Crippen molar-refractivity contribution in [2.75, 3.05) is 6.54 Å². The molecule has 4 nitrogen and oxygen atoms in total. The van der Waals surface area contributed by atoms with Crippen molar-refractivity contribution in [3.63, 3.8) is 0 Å². The molecule has 1 fully saturated rings.